The second-order valence-corrected chi connectivity index (χ2v) is 6.49. The molecule has 1 aromatic heterocycles. The molecule has 0 radical (unpaired) electrons. The maximum Gasteiger partial charge on any atom is 0.241 e. The average molecular weight is 292 g/mol. The lowest BCUT2D eigenvalue weighted by atomic mass is 10.3. The molecule has 7 heteroatoms. The summed E-state index contributed by atoms with van der Waals surface area (Å²) in [7, 11) is -3.45. The van der Waals surface area contributed by atoms with Crippen molar-refractivity contribution < 1.29 is 13.2 Å². The van der Waals surface area contributed by atoms with Crippen LogP contribution >= 0.6 is 11.3 Å². The van der Waals surface area contributed by atoms with E-state index >= 15 is 0 Å². The fraction of sp³-hybridized carbons (Fsp3) is 0.636. The molecule has 0 aliphatic carbocycles. The van der Waals surface area contributed by atoms with Gasteiger partial charge >= 0.3 is 0 Å². The molecule has 0 saturated carbocycles. The highest BCUT2D eigenvalue weighted by Gasteiger charge is 2.21. The third-order valence-electron chi connectivity index (χ3n) is 2.41. The quantitative estimate of drug-likeness (QED) is 0.706. The van der Waals surface area contributed by atoms with E-state index < -0.39 is 10.0 Å². The third-order valence-corrected chi connectivity index (χ3v) is 5.35. The van der Waals surface area contributed by atoms with Crippen LogP contribution < -0.4 is 10.5 Å². The molecule has 0 saturated heterocycles. The molecule has 0 aliphatic rings. The summed E-state index contributed by atoms with van der Waals surface area (Å²) in [6.45, 7) is 5.52. The molecule has 0 aliphatic heterocycles. The van der Waals surface area contributed by atoms with Crippen LogP contribution in [0, 0.1) is 6.92 Å². The first-order valence-electron chi connectivity index (χ1n) is 5.87. The Labute approximate surface area is 112 Å². The van der Waals surface area contributed by atoms with E-state index in [1.807, 2.05) is 12.3 Å². The van der Waals surface area contributed by atoms with E-state index in [4.69, 9.17) is 10.5 Å². The Hall–Kier alpha value is -0.470. The highest BCUT2D eigenvalue weighted by Crippen LogP contribution is 2.26. The van der Waals surface area contributed by atoms with Gasteiger partial charge in [0.05, 0.1) is 0 Å². The van der Waals surface area contributed by atoms with Crippen LogP contribution in [0.1, 0.15) is 23.8 Å². The second-order valence-electron chi connectivity index (χ2n) is 3.82. The summed E-state index contributed by atoms with van der Waals surface area (Å²) in [4.78, 5) is 1.04. The number of nitrogens with two attached hydrogens (primary N) is 1. The van der Waals surface area contributed by atoms with Crippen LogP contribution in [-0.4, -0.2) is 28.2 Å². The number of thiophene rings is 1. The van der Waals surface area contributed by atoms with E-state index in [1.165, 1.54) is 11.3 Å². The van der Waals surface area contributed by atoms with Crippen LogP contribution in [-0.2, 0) is 21.3 Å². The van der Waals surface area contributed by atoms with Crippen molar-refractivity contribution in [1.29, 1.82) is 0 Å². The minimum absolute atomic E-state index is 0.244. The second kappa shape index (κ2) is 7.20. The van der Waals surface area contributed by atoms with Gasteiger partial charge in [-0.2, -0.15) is 0 Å². The molecular formula is C11H20N2O3S2. The van der Waals surface area contributed by atoms with Crippen molar-refractivity contribution in [1.82, 2.24) is 4.72 Å². The molecule has 0 amide bonds. The van der Waals surface area contributed by atoms with E-state index in [0.29, 0.717) is 36.0 Å². The van der Waals surface area contributed by atoms with Gasteiger partial charge in [-0.1, -0.05) is 0 Å². The highest BCUT2D eigenvalue weighted by atomic mass is 32.2. The molecule has 0 aromatic carbocycles. The zero-order valence-corrected chi connectivity index (χ0v) is 12.4. The maximum absolute atomic E-state index is 12.1. The van der Waals surface area contributed by atoms with Crippen molar-refractivity contribution in [2.45, 2.75) is 31.7 Å². The number of ether oxygens (including phenoxy) is 1. The van der Waals surface area contributed by atoms with Crippen molar-refractivity contribution in [2.24, 2.45) is 5.73 Å². The average Bonchev–Trinajstić information content (AvgIpc) is 2.71. The molecule has 104 valence electrons. The van der Waals surface area contributed by atoms with Crippen molar-refractivity contribution in [3.8, 4) is 0 Å². The van der Waals surface area contributed by atoms with Gasteiger partial charge in [0.25, 0.3) is 0 Å². The van der Waals surface area contributed by atoms with Gasteiger partial charge in [0, 0.05) is 31.2 Å². The first kappa shape index (κ1) is 15.6. The van der Waals surface area contributed by atoms with Crippen LogP contribution in [0.25, 0.3) is 0 Å². The summed E-state index contributed by atoms with van der Waals surface area (Å²) >= 11 is 1.38. The highest BCUT2D eigenvalue weighted by molar-refractivity contribution is 7.89. The van der Waals surface area contributed by atoms with E-state index in [0.717, 1.165) is 5.56 Å². The van der Waals surface area contributed by atoms with Crippen molar-refractivity contribution in [2.75, 3.05) is 19.8 Å². The molecule has 1 rings (SSSR count). The van der Waals surface area contributed by atoms with E-state index in [2.05, 4.69) is 4.72 Å². The monoisotopic (exact) mass is 292 g/mol. The Morgan fingerprint density at radius 1 is 1.50 bits per heavy atom. The van der Waals surface area contributed by atoms with Gasteiger partial charge in [-0.15, -0.1) is 11.3 Å². The number of hydrogen-bond donors (Lipinski definition) is 2. The number of rotatable bonds is 8. The lowest BCUT2D eigenvalue weighted by Crippen LogP contribution is -2.26. The zero-order valence-electron chi connectivity index (χ0n) is 10.7. The maximum atomic E-state index is 12.1. The van der Waals surface area contributed by atoms with Crippen LogP contribution in [0.15, 0.2) is 10.3 Å². The summed E-state index contributed by atoms with van der Waals surface area (Å²) in [5.41, 5.74) is 6.30. The van der Waals surface area contributed by atoms with Gasteiger partial charge in [0.15, 0.2) is 0 Å². The molecule has 0 bridgehead atoms. The van der Waals surface area contributed by atoms with Crippen LogP contribution in [0.4, 0.5) is 0 Å². The Kier molecular flexibility index (Phi) is 6.24. The first-order chi connectivity index (χ1) is 8.53. The summed E-state index contributed by atoms with van der Waals surface area (Å²) in [6.07, 6.45) is 0.661. The van der Waals surface area contributed by atoms with Gasteiger partial charge in [0.2, 0.25) is 10.0 Å². The van der Waals surface area contributed by atoms with Gasteiger partial charge in [-0.05, 0) is 31.2 Å². The van der Waals surface area contributed by atoms with Crippen molar-refractivity contribution in [3.63, 3.8) is 0 Å². The minimum atomic E-state index is -3.45. The van der Waals surface area contributed by atoms with E-state index in [-0.39, 0.29) is 6.54 Å². The number of hydrogen-bond acceptors (Lipinski definition) is 5. The van der Waals surface area contributed by atoms with Crippen molar-refractivity contribution in [3.05, 3.63) is 15.8 Å². The lowest BCUT2D eigenvalue weighted by Gasteiger charge is -2.08. The smallest absolute Gasteiger partial charge is 0.241 e. The molecule has 5 nitrogen and oxygen atoms in total. The molecule has 0 unspecified atom stereocenters. The molecule has 3 N–H and O–H groups in total. The largest absolute Gasteiger partial charge is 0.382 e. The normalized spacial score (nSPS) is 11.9. The van der Waals surface area contributed by atoms with Gasteiger partial charge in [-0.25, -0.2) is 13.1 Å². The molecule has 0 fully saturated rings. The number of nitrogens with one attached hydrogen (secondary N) is 1. The van der Waals surface area contributed by atoms with Crippen molar-refractivity contribution >= 4 is 21.4 Å². The van der Waals surface area contributed by atoms with E-state index in [9.17, 15) is 8.42 Å². The Bertz CT molecular complexity index is 469. The van der Waals surface area contributed by atoms with Gasteiger partial charge in [-0.3, -0.25) is 0 Å². The van der Waals surface area contributed by atoms with Crippen LogP contribution in [0.5, 0.6) is 0 Å². The summed E-state index contributed by atoms with van der Waals surface area (Å²) < 4.78 is 32.0. The summed E-state index contributed by atoms with van der Waals surface area (Å²) in [6, 6.07) is 0. The molecular weight excluding hydrogens is 272 g/mol. The summed E-state index contributed by atoms with van der Waals surface area (Å²) in [5, 5.41) is 1.82. The Morgan fingerprint density at radius 3 is 2.83 bits per heavy atom. The molecule has 0 atom stereocenters. The topological polar surface area (TPSA) is 81.4 Å². The van der Waals surface area contributed by atoms with E-state index in [1.54, 1.807) is 6.92 Å². The summed E-state index contributed by atoms with van der Waals surface area (Å²) in [5.74, 6) is 0. The number of aryl methyl sites for hydroxylation is 1. The Morgan fingerprint density at radius 2 is 2.22 bits per heavy atom. The molecule has 18 heavy (non-hydrogen) atoms. The minimum Gasteiger partial charge on any atom is -0.382 e. The fourth-order valence-electron chi connectivity index (χ4n) is 1.59. The third kappa shape index (κ3) is 4.03. The SMILES string of the molecule is CCOCCCNS(=O)(=O)c1c(C)csc1CN. The van der Waals surface area contributed by atoms with Gasteiger partial charge < -0.3 is 10.5 Å². The molecule has 1 aromatic rings. The molecule has 0 spiro atoms. The van der Waals surface area contributed by atoms with Crippen LogP contribution in [0.2, 0.25) is 0 Å². The predicted octanol–water partition coefficient (Wildman–Crippen LogP) is 1.22. The van der Waals surface area contributed by atoms with Gasteiger partial charge in [0.1, 0.15) is 4.90 Å². The standard InChI is InChI=1S/C11H20N2O3S2/c1-3-16-6-4-5-13-18(14,15)11-9(2)8-17-10(11)7-12/h8,13H,3-7,12H2,1-2H3. The fourth-order valence-corrected chi connectivity index (χ4v) is 4.36. The number of sulfonamides is 1. The first-order valence-corrected chi connectivity index (χ1v) is 8.23. The van der Waals surface area contributed by atoms with Crippen LogP contribution in [0.3, 0.4) is 0 Å². The zero-order chi connectivity index (χ0) is 13.6. The predicted molar refractivity (Wildman–Crippen MR) is 73.2 cm³/mol. The molecule has 1 heterocycles. The Balaban J connectivity index is 2.65. The lowest BCUT2D eigenvalue weighted by molar-refractivity contribution is 0.146.